The summed E-state index contributed by atoms with van der Waals surface area (Å²) in [6.45, 7) is 8.01. The van der Waals surface area contributed by atoms with Crippen molar-refractivity contribution < 1.29 is 19.1 Å². The molecule has 2 amide bonds. The Morgan fingerprint density at radius 1 is 1.12 bits per heavy atom. The van der Waals surface area contributed by atoms with Gasteiger partial charge < -0.3 is 19.7 Å². The van der Waals surface area contributed by atoms with E-state index in [4.69, 9.17) is 9.47 Å². The normalized spacial score (nSPS) is 18.0. The van der Waals surface area contributed by atoms with Gasteiger partial charge in [0.2, 0.25) is 11.8 Å². The standard InChI is InChI=1S/C19H26N2O4/c1-13-6-8-21(9-7-13)18(23)19(2,3)17(22)20-14-4-5-15-16(12-14)25-11-10-24-15/h4-5,12-13H,6-11H2,1-3H3,(H,20,22). The van der Waals surface area contributed by atoms with Crippen LogP contribution in [0.15, 0.2) is 18.2 Å². The van der Waals surface area contributed by atoms with Crippen LogP contribution in [-0.4, -0.2) is 43.0 Å². The molecule has 136 valence electrons. The smallest absolute Gasteiger partial charge is 0.239 e. The minimum atomic E-state index is -1.12. The molecule has 1 aromatic carbocycles. The SMILES string of the molecule is CC1CCN(C(=O)C(C)(C)C(=O)Nc2ccc3c(c2)OCCO3)CC1. The Hall–Kier alpha value is -2.24. The van der Waals surface area contributed by atoms with Gasteiger partial charge in [-0.1, -0.05) is 6.92 Å². The average molecular weight is 346 g/mol. The number of carbonyl (C=O) groups excluding carboxylic acids is 2. The highest BCUT2D eigenvalue weighted by Crippen LogP contribution is 2.33. The van der Waals surface area contributed by atoms with E-state index in [9.17, 15) is 9.59 Å². The maximum Gasteiger partial charge on any atom is 0.239 e. The van der Waals surface area contributed by atoms with Crippen LogP contribution in [0.25, 0.3) is 0 Å². The Bertz CT molecular complexity index is 663. The number of likely N-dealkylation sites (tertiary alicyclic amines) is 1. The zero-order chi connectivity index (χ0) is 18.0. The van der Waals surface area contributed by atoms with Crippen molar-refractivity contribution in [3.05, 3.63) is 18.2 Å². The number of benzene rings is 1. The van der Waals surface area contributed by atoms with Gasteiger partial charge in [0.1, 0.15) is 18.6 Å². The van der Waals surface area contributed by atoms with E-state index in [1.165, 1.54) is 0 Å². The molecule has 2 aliphatic rings. The van der Waals surface area contributed by atoms with E-state index in [2.05, 4.69) is 12.2 Å². The molecule has 25 heavy (non-hydrogen) atoms. The van der Waals surface area contributed by atoms with Crippen LogP contribution in [0.2, 0.25) is 0 Å². The molecule has 2 heterocycles. The predicted molar refractivity (Wildman–Crippen MR) is 94.8 cm³/mol. The molecule has 3 rings (SSSR count). The van der Waals surface area contributed by atoms with Gasteiger partial charge >= 0.3 is 0 Å². The first-order valence-electron chi connectivity index (χ1n) is 8.88. The van der Waals surface area contributed by atoms with Crippen LogP contribution in [0.5, 0.6) is 11.5 Å². The van der Waals surface area contributed by atoms with Crippen molar-refractivity contribution in [1.29, 1.82) is 0 Å². The zero-order valence-corrected chi connectivity index (χ0v) is 15.1. The lowest BCUT2D eigenvalue weighted by molar-refractivity contribution is -0.147. The van der Waals surface area contributed by atoms with Crippen LogP contribution in [0.1, 0.15) is 33.6 Å². The van der Waals surface area contributed by atoms with E-state index < -0.39 is 5.41 Å². The summed E-state index contributed by atoms with van der Waals surface area (Å²) in [5.41, 5.74) is -0.518. The molecule has 2 aliphatic heterocycles. The molecule has 6 heteroatoms. The van der Waals surface area contributed by atoms with E-state index in [1.807, 2.05) is 4.90 Å². The van der Waals surface area contributed by atoms with Crippen LogP contribution in [0.4, 0.5) is 5.69 Å². The van der Waals surface area contributed by atoms with Crippen molar-refractivity contribution in [2.24, 2.45) is 11.3 Å². The molecule has 1 N–H and O–H groups in total. The van der Waals surface area contributed by atoms with Gasteiger partial charge in [0.25, 0.3) is 0 Å². The minimum absolute atomic E-state index is 0.116. The highest BCUT2D eigenvalue weighted by molar-refractivity contribution is 6.09. The summed E-state index contributed by atoms with van der Waals surface area (Å²) in [5, 5.41) is 2.84. The lowest BCUT2D eigenvalue weighted by atomic mass is 9.88. The lowest BCUT2D eigenvalue weighted by Gasteiger charge is -2.35. The van der Waals surface area contributed by atoms with Gasteiger partial charge in [-0.15, -0.1) is 0 Å². The number of amides is 2. The summed E-state index contributed by atoms with van der Waals surface area (Å²) in [4.78, 5) is 27.3. The second-order valence-corrected chi connectivity index (χ2v) is 7.41. The first-order valence-corrected chi connectivity index (χ1v) is 8.88. The van der Waals surface area contributed by atoms with Crippen LogP contribution in [0.3, 0.4) is 0 Å². The Kier molecular flexibility index (Phi) is 4.88. The van der Waals surface area contributed by atoms with Crippen LogP contribution >= 0.6 is 0 Å². The molecular weight excluding hydrogens is 320 g/mol. The summed E-state index contributed by atoms with van der Waals surface area (Å²) in [6.07, 6.45) is 1.98. The van der Waals surface area contributed by atoms with E-state index in [1.54, 1.807) is 32.0 Å². The van der Waals surface area contributed by atoms with Crippen LogP contribution in [-0.2, 0) is 9.59 Å². The number of rotatable bonds is 3. The zero-order valence-electron chi connectivity index (χ0n) is 15.1. The number of anilines is 1. The van der Waals surface area contributed by atoms with Gasteiger partial charge in [-0.3, -0.25) is 9.59 Å². The molecule has 0 spiro atoms. The highest BCUT2D eigenvalue weighted by Gasteiger charge is 2.40. The third-order valence-corrected chi connectivity index (χ3v) is 4.97. The van der Waals surface area contributed by atoms with Crippen LogP contribution in [0, 0.1) is 11.3 Å². The Morgan fingerprint density at radius 2 is 1.76 bits per heavy atom. The fourth-order valence-corrected chi connectivity index (χ4v) is 3.11. The van der Waals surface area contributed by atoms with Crippen LogP contribution < -0.4 is 14.8 Å². The minimum Gasteiger partial charge on any atom is -0.486 e. The number of nitrogens with one attached hydrogen (secondary N) is 1. The van der Waals surface area contributed by atoms with Gasteiger partial charge in [-0.05, 0) is 44.7 Å². The molecule has 0 unspecified atom stereocenters. The van der Waals surface area contributed by atoms with Gasteiger partial charge in [0.15, 0.2) is 11.5 Å². The second-order valence-electron chi connectivity index (χ2n) is 7.41. The van der Waals surface area contributed by atoms with Crippen molar-refractivity contribution in [1.82, 2.24) is 4.90 Å². The second kappa shape index (κ2) is 6.94. The molecule has 0 atom stereocenters. The monoisotopic (exact) mass is 346 g/mol. The van der Waals surface area contributed by atoms with Crippen molar-refractivity contribution in [2.75, 3.05) is 31.6 Å². The molecule has 0 saturated carbocycles. The van der Waals surface area contributed by atoms with E-state index in [0.29, 0.717) is 36.3 Å². The van der Waals surface area contributed by atoms with Gasteiger partial charge in [0.05, 0.1) is 0 Å². The van der Waals surface area contributed by atoms with Gasteiger partial charge in [-0.2, -0.15) is 0 Å². The summed E-state index contributed by atoms with van der Waals surface area (Å²) in [6, 6.07) is 5.26. The summed E-state index contributed by atoms with van der Waals surface area (Å²) >= 11 is 0. The number of piperidine rings is 1. The first-order chi connectivity index (χ1) is 11.9. The number of carbonyl (C=O) groups is 2. The number of hydrogen-bond donors (Lipinski definition) is 1. The van der Waals surface area contributed by atoms with Gasteiger partial charge in [0, 0.05) is 24.8 Å². The molecule has 0 radical (unpaired) electrons. The fourth-order valence-electron chi connectivity index (χ4n) is 3.11. The number of fused-ring (bicyclic) bond motifs is 1. The van der Waals surface area contributed by atoms with Crippen molar-refractivity contribution in [3.63, 3.8) is 0 Å². The highest BCUT2D eigenvalue weighted by atomic mass is 16.6. The van der Waals surface area contributed by atoms with E-state index in [-0.39, 0.29) is 11.8 Å². The van der Waals surface area contributed by atoms with Gasteiger partial charge in [-0.25, -0.2) is 0 Å². The summed E-state index contributed by atoms with van der Waals surface area (Å²) in [5.74, 6) is 1.49. The topological polar surface area (TPSA) is 67.9 Å². The lowest BCUT2D eigenvalue weighted by Crippen LogP contribution is -2.49. The van der Waals surface area contributed by atoms with Crippen molar-refractivity contribution in [2.45, 2.75) is 33.6 Å². The third-order valence-electron chi connectivity index (χ3n) is 4.97. The molecule has 0 aromatic heterocycles. The Balaban J connectivity index is 1.67. The molecular formula is C19H26N2O4. The van der Waals surface area contributed by atoms with E-state index >= 15 is 0 Å². The third kappa shape index (κ3) is 3.72. The quantitative estimate of drug-likeness (QED) is 0.855. The maximum absolute atomic E-state index is 12.8. The van der Waals surface area contributed by atoms with Crippen molar-refractivity contribution >= 4 is 17.5 Å². The average Bonchev–Trinajstić information content (AvgIpc) is 2.61. The number of hydrogen-bond acceptors (Lipinski definition) is 4. The summed E-state index contributed by atoms with van der Waals surface area (Å²) in [7, 11) is 0. The molecule has 1 saturated heterocycles. The first kappa shape index (κ1) is 17.6. The predicted octanol–water partition coefficient (Wildman–Crippen LogP) is 2.68. The fraction of sp³-hybridized carbons (Fsp3) is 0.579. The molecule has 1 fully saturated rings. The maximum atomic E-state index is 12.8. The number of nitrogens with zero attached hydrogens (tertiary/aromatic N) is 1. The molecule has 6 nitrogen and oxygen atoms in total. The largest absolute Gasteiger partial charge is 0.486 e. The van der Waals surface area contributed by atoms with E-state index in [0.717, 1.165) is 25.9 Å². The molecule has 0 bridgehead atoms. The summed E-state index contributed by atoms with van der Waals surface area (Å²) < 4.78 is 11.0. The Labute approximate surface area is 148 Å². The molecule has 0 aliphatic carbocycles. The number of ether oxygens (including phenoxy) is 2. The molecule has 1 aromatic rings. The Morgan fingerprint density at radius 3 is 2.44 bits per heavy atom. The van der Waals surface area contributed by atoms with Crippen molar-refractivity contribution in [3.8, 4) is 11.5 Å².